The molecule has 0 aliphatic carbocycles. The quantitative estimate of drug-likeness (QED) is 0.686. The summed E-state index contributed by atoms with van der Waals surface area (Å²) in [6.07, 6.45) is 4.93. The third-order valence-electron chi connectivity index (χ3n) is 5.11. The molecule has 3 heterocycles. The fourth-order valence-corrected chi connectivity index (χ4v) is 3.56. The number of unbranched alkanes of at least 4 members (excludes halogenated alkanes) is 1. The van der Waals surface area contributed by atoms with Crippen LogP contribution in [0.25, 0.3) is 0 Å². The molecule has 0 atom stereocenters. The van der Waals surface area contributed by atoms with Crippen LogP contribution < -0.4 is 10.6 Å². The number of rotatable bonds is 7. The van der Waals surface area contributed by atoms with Gasteiger partial charge in [0.05, 0.1) is 6.54 Å². The molecule has 152 valence electrons. The Hall–Kier alpha value is -2.64. The average Bonchev–Trinajstić information content (AvgIpc) is 2.68. The largest absolute Gasteiger partial charge is 0.370 e. The van der Waals surface area contributed by atoms with E-state index in [-0.39, 0.29) is 30.8 Å². The number of ketones is 1. The third-order valence-corrected chi connectivity index (χ3v) is 5.11. The molecule has 0 aromatic carbocycles. The van der Waals surface area contributed by atoms with E-state index in [1.165, 1.54) is 22.3 Å². The number of piperazine rings is 1. The lowest BCUT2D eigenvalue weighted by molar-refractivity contribution is -0.138. The van der Waals surface area contributed by atoms with Gasteiger partial charge in [0, 0.05) is 31.9 Å². The van der Waals surface area contributed by atoms with Crippen molar-refractivity contribution in [1.29, 1.82) is 0 Å². The summed E-state index contributed by atoms with van der Waals surface area (Å²) in [6.45, 7) is 4.04. The molecule has 2 N–H and O–H groups in total. The van der Waals surface area contributed by atoms with E-state index in [2.05, 4.69) is 27.8 Å². The van der Waals surface area contributed by atoms with Gasteiger partial charge in [-0.3, -0.25) is 9.59 Å². The van der Waals surface area contributed by atoms with Gasteiger partial charge in [0.2, 0.25) is 5.91 Å². The minimum Gasteiger partial charge on any atom is -0.370 e. The van der Waals surface area contributed by atoms with Gasteiger partial charge < -0.3 is 20.4 Å². The molecule has 0 unspecified atom stereocenters. The van der Waals surface area contributed by atoms with Crippen molar-refractivity contribution in [2.24, 2.45) is 0 Å². The number of pyridine rings is 1. The van der Waals surface area contributed by atoms with Crippen molar-refractivity contribution in [3.8, 4) is 0 Å². The van der Waals surface area contributed by atoms with E-state index in [0.717, 1.165) is 50.2 Å². The molecule has 0 saturated carbocycles. The van der Waals surface area contributed by atoms with E-state index in [0.29, 0.717) is 19.6 Å². The topological polar surface area (TPSA) is 94.6 Å². The Morgan fingerprint density at radius 3 is 2.89 bits per heavy atom. The molecule has 0 bridgehead atoms. The predicted octanol–water partition coefficient (Wildman–Crippen LogP) is 1.21. The summed E-state index contributed by atoms with van der Waals surface area (Å²) in [4.78, 5) is 43.1. The fraction of sp³-hybridized carbons (Fsp3) is 0.600. The maximum atomic E-state index is 12.2. The number of anilines is 1. The van der Waals surface area contributed by atoms with Crippen LogP contribution >= 0.6 is 0 Å². The summed E-state index contributed by atoms with van der Waals surface area (Å²) in [6, 6.07) is 4.04. The molecule has 0 radical (unpaired) electrons. The number of aromatic nitrogens is 1. The number of Topliss-reactive ketones (excluding diaryl/α,β-unsaturated/α-hetero) is 1. The van der Waals surface area contributed by atoms with Crippen molar-refractivity contribution < 1.29 is 14.4 Å². The Morgan fingerprint density at radius 2 is 2.11 bits per heavy atom. The number of carbonyl (C=O) groups is 3. The molecule has 3 rings (SSSR count). The molecular weight excluding hydrogens is 358 g/mol. The first-order valence-corrected chi connectivity index (χ1v) is 10.1. The number of hydrogen-bond acceptors (Lipinski definition) is 5. The zero-order valence-electron chi connectivity index (χ0n) is 16.5. The number of carbonyl (C=O) groups excluding carboxylic acids is 3. The van der Waals surface area contributed by atoms with E-state index >= 15 is 0 Å². The highest BCUT2D eigenvalue weighted by Gasteiger charge is 2.27. The maximum Gasteiger partial charge on any atom is 0.317 e. The van der Waals surface area contributed by atoms with Crippen molar-refractivity contribution in [2.75, 3.05) is 44.6 Å². The highest BCUT2D eigenvalue weighted by atomic mass is 16.2. The van der Waals surface area contributed by atoms with Crippen LogP contribution in [0.3, 0.4) is 0 Å². The molecule has 28 heavy (non-hydrogen) atoms. The number of nitrogens with one attached hydrogen (secondary N) is 2. The van der Waals surface area contributed by atoms with Crippen LogP contribution in [-0.2, 0) is 22.4 Å². The van der Waals surface area contributed by atoms with Crippen molar-refractivity contribution in [3.05, 3.63) is 23.4 Å². The van der Waals surface area contributed by atoms with E-state index < -0.39 is 0 Å². The standard InChI is InChI=1S/C20H29N5O3/c1-15(26)13-24-11-12-25(14-18(24)27)20(28)22-9-3-2-6-17-8-7-16-5-4-10-21-19(16)23-17/h7-8H,2-6,9-14H2,1H3,(H,21,23)(H,22,28). The third kappa shape index (κ3) is 5.43. The summed E-state index contributed by atoms with van der Waals surface area (Å²) in [5, 5.41) is 6.23. The molecule has 1 aromatic rings. The maximum absolute atomic E-state index is 12.2. The second-order valence-electron chi connectivity index (χ2n) is 7.47. The predicted molar refractivity (Wildman–Crippen MR) is 106 cm³/mol. The second kappa shape index (κ2) is 9.52. The van der Waals surface area contributed by atoms with Crippen molar-refractivity contribution >= 4 is 23.5 Å². The van der Waals surface area contributed by atoms with Gasteiger partial charge >= 0.3 is 6.03 Å². The van der Waals surface area contributed by atoms with Crippen molar-refractivity contribution in [2.45, 2.75) is 39.0 Å². The lowest BCUT2D eigenvalue weighted by Gasteiger charge is -2.33. The van der Waals surface area contributed by atoms with Gasteiger partial charge in [-0.2, -0.15) is 0 Å². The highest BCUT2D eigenvalue weighted by Crippen LogP contribution is 2.20. The smallest absolute Gasteiger partial charge is 0.317 e. The number of amides is 3. The molecule has 2 aliphatic rings. The molecule has 1 saturated heterocycles. The second-order valence-corrected chi connectivity index (χ2v) is 7.47. The van der Waals surface area contributed by atoms with Crippen LogP contribution in [0.2, 0.25) is 0 Å². The summed E-state index contributed by atoms with van der Waals surface area (Å²) < 4.78 is 0. The lowest BCUT2D eigenvalue weighted by atomic mass is 10.1. The van der Waals surface area contributed by atoms with Crippen LogP contribution in [0.1, 0.15) is 37.4 Å². The molecular formula is C20H29N5O3. The average molecular weight is 387 g/mol. The van der Waals surface area contributed by atoms with Crippen LogP contribution in [0.15, 0.2) is 12.1 Å². The van der Waals surface area contributed by atoms with Gasteiger partial charge in [-0.05, 0) is 50.7 Å². The first-order chi connectivity index (χ1) is 13.5. The summed E-state index contributed by atoms with van der Waals surface area (Å²) in [5.41, 5.74) is 2.37. The molecule has 1 fully saturated rings. The van der Waals surface area contributed by atoms with E-state index in [1.807, 2.05) is 0 Å². The molecule has 8 nitrogen and oxygen atoms in total. The molecule has 8 heteroatoms. The van der Waals surface area contributed by atoms with Crippen molar-refractivity contribution in [1.82, 2.24) is 20.1 Å². The molecule has 0 spiro atoms. The zero-order valence-corrected chi connectivity index (χ0v) is 16.5. The van der Waals surface area contributed by atoms with Gasteiger partial charge in [0.25, 0.3) is 0 Å². The Labute approximate surface area is 165 Å². The van der Waals surface area contributed by atoms with Crippen LogP contribution in [0.4, 0.5) is 10.6 Å². The van der Waals surface area contributed by atoms with Crippen LogP contribution in [0.5, 0.6) is 0 Å². The summed E-state index contributed by atoms with van der Waals surface area (Å²) >= 11 is 0. The fourth-order valence-electron chi connectivity index (χ4n) is 3.56. The number of hydrogen-bond donors (Lipinski definition) is 2. The van der Waals surface area contributed by atoms with Gasteiger partial charge in [-0.1, -0.05) is 6.07 Å². The van der Waals surface area contributed by atoms with Gasteiger partial charge in [-0.15, -0.1) is 0 Å². The van der Waals surface area contributed by atoms with Crippen LogP contribution in [0, 0.1) is 0 Å². The van der Waals surface area contributed by atoms with E-state index in [1.54, 1.807) is 0 Å². The Kier molecular flexibility index (Phi) is 6.84. The Balaban J connectivity index is 1.34. The highest BCUT2D eigenvalue weighted by molar-refractivity contribution is 5.88. The number of fused-ring (bicyclic) bond motifs is 1. The first kappa shape index (κ1) is 20.1. The van der Waals surface area contributed by atoms with E-state index in [9.17, 15) is 14.4 Å². The molecule has 3 amide bonds. The number of nitrogens with zero attached hydrogens (tertiary/aromatic N) is 3. The van der Waals surface area contributed by atoms with Gasteiger partial charge in [-0.25, -0.2) is 9.78 Å². The Morgan fingerprint density at radius 1 is 1.25 bits per heavy atom. The molecule has 1 aromatic heterocycles. The first-order valence-electron chi connectivity index (χ1n) is 10.1. The normalized spacial score (nSPS) is 16.4. The SMILES string of the molecule is CC(=O)CN1CCN(C(=O)NCCCCc2ccc3c(n2)NCCC3)CC1=O. The number of aryl methyl sites for hydroxylation is 2. The van der Waals surface area contributed by atoms with Crippen LogP contribution in [-0.4, -0.2) is 71.8 Å². The monoisotopic (exact) mass is 387 g/mol. The minimum absolute atomic E-state index is 0.0329. The van der Waals surface area contributed by atoms with E-state index in [4.69, 9.17) is 0 Å². The Bertz CT molecular complexity index is 737. The van der Waals surface area contributed by atoms with Gasteiger partial charge in [0.1, 0.15) is 18.1 Å². The summed E-state index contributed by atoms with van der Waals surface area (Å²) in [5.74, 6) is 0.796. The zero-order chi connectivity index (χ0) is 19.9. The van der Waals surface area contributed by atoms with Gasteiger partial charge in [0.15, 0.2) is 0 Å². The summed E-state index contributed by atoms with van der Waals surface area (Å²) in [7, 11) is 0. The van der Waals surface area contributed by atoms with Crippen molar-refractivity contribution in [3.63, 3.8) is 0 Å². The minimum atomic E-state index is -0.216. The number of urea groups is 1. The lowest BCUT2D eigenvalue weighted by Crippen LogP contribution is -2.55. The molecule has 2 aliphatic heterocycles.